The highest BCUT2D eigenvalue weighted by atomic mass is 35.5. The third-order valence-electron chi connectivity index (χ3n) is 2.30. The highest BCUT2D eigenvalue weighted by molar-refractivity contribution is 5.91. The number of pyridine rings is 1. The lowest BCUT2D eigenvalue weighted by Gasteiger charge is -2.09. The molecule has 0 saturated carbocycles. The fourth-order valence-corrected chi connectivity index (χ4v) is 1.66. The van der Waals surface area contributed by atoms with Crippen molar-refractivity contribution in [1.82, 2.24) is 4.98 Å². The summed E-state index contributed by atoms with van der Waals surface area (Å²) in [5, 5.41) is 4.46. The SMILES string of the molecule is Cc1cc(NCCN)c2ccccc2n1.Cl. The third kappa shape index (κ3) is 2.62. The summed E-state index contributed by atoms with van der Waals surface area (Å²) in [6.07, 6.45) is 0. The summed E-state index contributed by atoms with van der Waals surface area (Å²) in [4.78, 5) is 4.47. The van der Waals surface area contributed by atoms with Crippen LogP contribution in [0.2, 0.25) is 0 Å². The summed E-state index contributed by atoms with van der Waals surface area (Å²) in [6.45, 7) is 3.42. The van der Waals surface area contributed by atoms with E-state index in [-0.39, 0.29) is 12.4 Å². The van der Waals surface area contributed by atoms with E-state index >= 15 is 0 Å². The minimum atomic E-state index is 0. The number of benzene rings is 1. The molecule has 2 rings (SSSR count). The van der Waals surface area contributed by atoms with Crippen molar-refractivity contribution in [3.8, 4) is 0 Å². The minimum absolute atomic E-state index is 0. The maximum absolute atomic E-state index is 5.48. The highest BCUT2D eigenvalue weighted by Gasteiger charge is 2.01. The summed E-state index contributed by atoms with van der Waals surface area (Å²) in [5.74, 6) is 0. The largest absolute Gasteiger partial charge is 0.383 e. The van der Waals surface area contributed by atoms with Gasteiger partial charge in [-0.05, 0) is 19.1 Å². The molecule has 1 heterocycles. The van der Waals surface area contributed by atoms with Gasteiger partial charge in [0, 0.05) is 29.9 Å². The van der Waals surface area contributed by atoms with E-state index < -0.39 is 0 Å². The Bertz CT molecular complexity index is 471. The van der Waals surface area contributed by atoms with E-state index in [0.717, 1.165) is 28.8 Å². The minimum Gasteiger partial charge on any atom is -0.383 e. The number of para-hydroxylation sites is 1. The van der Waals surface area contributed by atoms with E-state index in [1.807, 2.05) is 25.1 Å². The van der Waals surface area contributed by atoms with E-state index in [0.29, 0.717) is 6.54 Å². The van der Waals surface area contributed by atoms with Gasteiger partial charge in [0.2, 0.25) is 0 Å². The van der Waals surface area contributed by atoms with Crippen LogP contribution < -0.4 is 11.1 Å². The molecule has 0 amide bonds. The second-order valence-corrected chi connectivity index (χ2v) is 3.54. The molecule has 0 spiro atoms. The molecule has 0 aliphatic heterocycles. The average molecular weight is 238 g/mol. The molecule has 0 aliphatic rings. The summed E-state index contributed by atoms with van der Waals surface area (Å²) in [6, 6.07) is 10.2. The smallest absolute Gasteiger partial charge is 0.0725 e. The van der Waals surface area contributed by atoms with Crippen LogP contribution >= 0.6 is 12.4 Å². The molecular weight excluding hydrogens is 222 g/mol. The second-order valence-electron chi connectivity index (χ2n) is 3.54. The molecule has 16 heavy (non-hydrogen) atoms. The van der Waals surface area contributed by atoms with Crippen molar-refractivity contribution in [2.45, 2.75) is 6.92 Å². The number of rotatable bonds is 3. The Morgan fingerprint density at radius 3 is 2.81 bits per heavy atom. The van der Waals surface area contributed by atoms with Crippen LogP contribution in [-0.4, -0.2) is 18.1 Å². The maximum atomic E-state index is 5.48. The summed E-state index contributed by atoms with van der Waals surface area (Å²) >= 11 is 0. The molecule has 0 fully saturated rings. The van der Waals surface area contributed by atoms with Gasteiger partial charge in [-0.25, -0.2) is 0 Å². The van der Waals surface area contributed by atoms with Gasteiger partial charge in [-0.2, -0.15) is 0 Å². The predicted octanol–water partition coefficient (Wildman–Crippen LogP) is 2.34. The Morgan fingerprint density at radius 2 is 2.06 bits per heavy atom. The van der Waals surface area contributed by atoms with Crippen molar-refractivity contribution < 1.29 is 0 Å². The number of nitrogens with zero attached hydrogens (tertiary/aromatic N) is 1. The average Bonchev–Trinajstić information content (AvgIpc) is 2.25. The molecule has 3 nitrogen and oxygen atoms in total. The Kier molecular flexibility index (Phi) is 4.52. The number of aryl methyl sites for hydroxylation is 1. The maximum Gasteiger partial charge on any atom is 0.0725 e. The molecule has 0 atom stereocenters. The predicted molar refractivity (Wildman–Crippen MR) is 71.3 cm³/mol. The highest BCUT2D eigenvalue weighted by Crippen LogP contribution is 2.22. The third-order valence-corrected chi connectivity index (χ3v) is 2.30. The van der Waals surface area contributed by atoms with Crippen molar-refractivity contribution in [3.63, 3.8) is 0 Å². The van der Waals surface area contributed by atoms with E-state index in [9.17, 15) is 0 Å². The zero-order valence-electron chi connectivity index (χ0n) is 9.23. The monoisotopic (exact) mass is 237 g/mol. The Balaban J connectivity index is 0.00000128. The van der Waals surface area contributed by atoms with Crippen LogP contribution in [0.3, 0.4) is 0 Å². The molecule has 1 aromatic heterocycles. The summed E-state index contributed by atoms with van der Waals surface area (Å²) < 4.78 is 0. The van der Waals surface area contributed by atoms with Gasteiger partial charge in [0.05, 0.1) is 5.52 Å². The van der Waals surface area contributed by atoms with Gasteiger partial charge >= 0.3 is 0 Å². The molecule has 0 radical (unpaired) electrons. The first kappa shape index (κ1) is 12.7. The molecule has 0 saturated heterocycles. The number of halogens is 1. The van der Waals surface area contributed by atoms with E-state index in [2.05, 4.69) is 22.4 Å². The summed E-state index contributed by atoms with van der Waals surface area (Å²) in [7, 11) is 0. The van der Waals surface area contributed by atoms with Crippen LogP contribution in [0.1, 0.15) is 5.69 Å². The van der Waals surface area contributed by atoms with Gasteiger partial charge in [0.1, 0.15) is 0 Å². The fraction of sp³-hybridized carbons (Fsp3) is 0.250. The lowest BCUT2D eigenvalue weighted by molar-refractivity contribution is 1.02. The van der Waals surface area contributed by atoms with Crippen molar-refractivity contribution in [1.29, 1.82) is 0 Å². The second kappa shape index (κ2) is 5.68. The van der Waals surface area contributed by atoms with E-state index in [4.69, 9.17) is 5.73 Å². The van der Waals surface area contributed by atoms with Crippen LogP contribution in [0, 0.1) is 6.92 Å². The van der Waals surface area contributed by atoms with E-state index in [1.165, 1.54) is 0 Å². The first-order chi connectivity index (χ1) is 7.31. The van der Waals surface area contributed by atoms with Gasteiger partial charge in [0.15, 0.2) is 0 Å². The van der Waals surface area contributed by atoms with Crippen molar-refractivity contribution >= 4 is 29.0 Å². The standard InChI is InChI=1S/C12H15N3.ClH/c1-9-8-12(14-7-6-13)10-4-2-3-5-11(10)15-9;/h2-5,8H,6-7,13H2,1H3,(H,14,15);1H. The lowest BCUT2D eigenvalue weighted by Crippen LogP contribution is -2.13. The number of anilines is 1. The van der Waals surface area contributed by atoms with Gasteiger partial charge in [-0.3, -0.25) is 4.98 Å². The number of hydrogen-bond donors (Lipinski definition) is 2. The number of nitrogens with one attached hydrogen (secondary N) is 1. The molecular formula is C12H16ClN3. The number of aromatic nitrogens is 1. The van der Waals surface area contributed by atoms with Crippen LogP contribution in [0.5, 0.6) is 0 Å². The van der Waals surface area contributed by atoms with Crippen LogP contribution in [0.25, 0.3) is 10.9 Å². The fourth-order valence-electron chi connectivity index (χ4n) is 1.66. The molecule has 4 heteroatoms. The van der Waals surface area contributed by atoms with E-state index in [1.54, 1.807) is 0 Å². The van der Waals surface area contributed by atoms with Gasteiger partial charge in [0.25, 0.3) is 0 Å². The van der Waals surface area contributed by atoms with Crippen molar-refractivity contribution in [2.75, 3.05) is 18.4 Å². The molecule has 1 aromatic carbocycles. The molecule has 0 bridgehead atoms. The molecule has 0 aliphatic carbocycles. The van der Waals surface area contributed by atoms with Crippen LogP contribution in [0.15, 0.2) is 30.3 Å². The first-order valence-corrected chi connectivity index (χ1v) is 5.11. The topological polar surface area (TPSA) is 50.9 Å². The van der Waals surface area contributed by atoms with Gasteiger partial charge in [-0.1, -0.05) is 18.2 Å². The lowest BCUT2D eigenvalue weighted by atomic mass is 10.1. The first-order valence-electron chi connectivity index (χ1n) is 5.11. The zero-order valence-corrected chi connectivity index (χ0v) is 10.1. The Labute approximate surface area is 101 Å². The van der Waals surface area contributed by atoms with Crippen LogP contribution in [0.4, 0.5) is 5.69 Å². The van der Waals surface area contributed by atoms with Crippen LogP contribution in [-0.2, 0) is 0 Å². The Morgan fingerprint density at radius 1 is 1.31 bits per heavy atom. The van der Waals surface area contributed by atoms with Crippen molar-refractivity contribution in [3.05, 3.63) is 36.0 Å². The molecule has 86 valence electrons. The summed E-state index contributed by atoms with van der Waals surface area (Å²) in [5.41, 5.74) is 8.64. The zero-order chi connectivity index (χ0) is 10.7. The molecule has 0 unspecified atom stereocenters. The number of nitrogens with two attached hydrogens (primary N) is 1. The quantitative estimate of drug-likeness (QED) is 0.862. The number of fused-ring (bicyclic) bond motifs is 1. The number of hydrogen-bond acceptors (Lipinski definition) is 3. The van der Waals surface area contributed by atoms with Crippen molar-refractivity contribution in [2.24, 2.45) is 5.73 Å². The Hall–Kier alpha value is -1.32. The van der Waals surface area contributed by atoms with Gasteiger partial charge < -0.3 is 11.1 Å². The van der Waals surface area contributed by atoms with Gasteiger partial charge in [-0.15, -0.1) is 12.4 Å². The molecule has 3 N–H and O–H groups in total. The molecule has 2 aromatic rings. The normalized spacial score (nSPS) is 9.88.